The van der Waals surface area contributed by atoms with Gasteiger partial charge in [0.05, 0.1) is 27.1 Å². The fourth-order valence-corrected chi connectivity index (χ4v) is 4.24. The molecule has 0 saturated carbocycles. The highest BCUT2D eigenvalue weighted by molar-refractivity contribution is 14.1. The summed E-state index contributed by atoms with van der Waals surface area (Å²) in [7, 11) is 0. The summed E-state index contributed by atoms with van der Waals surface area (Å²) in [5.41, 5.74) is 4.74. The summed E-state index contributed by atoms with van der Waals surface area (Å²) in [6.45, 7) is 1.94. The van der Waals surface area contributed by atoms with Crippen LogP contribution in [0.15, 0.2) is 65.6 Å². The van der Waals surface area contributed by atoms with Gasteiger partial charge in [-0.25, -0.2) is 4.98 Å². The normalized spacial score (nSPS) is 12.3. The Kier molecular flexibility index (Phi) is 5.25. The minimum absolute atomic E-state index is 0.0573. The maximum Gasteiger partial charge on any atom is 0.287 e. The van der Waals surface area contributed by atoms with E-state index in [1.165, 1.54) is 6.07 Å². The van der Waals surface area contributed by atoms with Crippen molar-refractivity contribution in [2.45, 2.75) is 17.5 Å². The highest BCUT2D eigenvalue weighted by Gasteiger charge is 2.17. The van der Waals surface area contributed by atoms with Gasteiger partial charge in [-0.3, -0.25) is 14.7 Å². The number of benzene rings is 2. The van der Waals surface area contributed by atoms with E-state index in [1.807, 2.05) is 49.4 Å². The Balaban J connectivity index is 1.49. The predicted molar refractivity (Wildman–Crippen MR) is 132 cm³/mol. The molecule has 5 rings (SSSR count). The van der Waals surface area contributed by atoms with Crippen LogP contribution in [0.5, 0.6) is 0 Å². The first-order chi connectivity index (χ1) is 15.5. The van der Waals surface area contributed by atoms with Gasteiger partial charge in [0, 0.05) is 23.2 Å². The molecule has 160 valence electrons. The summed E-state index contributed by atoms with van der Waals surface area (Å²) < 4.78 is 2.18. The molecule has 9 heteroatoms. The van der Waals surface area contributed by atoms with E-state index in [2.05, 4.69) is 48.1 Å². The zero-order valence-electron chi connectivity index (χ0n) is 17.1. The molecule has 1 atom stereocenters. The van der Waals surface area contributed by atoms with Gasteiger partial charge in [-0.1, -0.05) is 52.9 Å². The van der Waals surface area contributed by atoms with E-state index in [0.29, 0.717) is 10.1 Å². The molecule has 5 aromatic rings. The first kappa shape index (κ1) is 20.4. The zero-order valence-corrected chi connectivity index (χ0v) is 19.3. The molecule has 0 radical (unpaired) electrons. The highest BCUT2D eigenvalue weighted by Crippen LogP contribution is 2.29. The summed E-state index contributed by atoms with van der Waals surface area (Å²) in [5, 5.41) is 11.3. The number of H-pyrrole nitrogens is 2. The average molecular weight is 538 g/mol. The van der Waals surface area contributed by atoms with Crippen LogP contribution in [-0.4, -0.2) is 30.6 Å². The van der Waals surface area contributed by atoms with Gasteiger partial charge in [-0.2, -0.15) is 5.10 Å². The standard InChI is InChI=1S/C23H19IN6O2/c1-13(14-5-3-2-4-6-14)25-23(32)22-26-18-9-16-17(10-19(18)27-22)28-29-21(16)15-7-8-20(31)30(11-15)12-24/h2-11,13H,12H2,1H3,(H,25,32)(H,26,27)(H,28,29). The number of aromatic amines is 2. The smallest absolute Gasteiger partial charge is 0.287 e. The predicted octanol–water partition coefficient (Wildman–Crippen LogP) is 4.15. The maximum absolute atomic E-state index is 12.8. The van der Waals surface area contributed by atoms with E-state index in [-0.39, 0.29) is 23.3 Å². The van der Waals surface area contributed by atoms with Crippen LogP contribution in [-0.2, 0) is 4.55 Å². The van der Waals surface area contributed by atoms with Gasteiger partial charge >= 0.3 is 0 Å². The second-order valence-corrected chi connectivity index (χ2v) is 8.21. The van der Waals surface area contributed by atoms with Crippen molar-refractivity contribution in [1.82, 2.24) is 30.0 Å². The van der Waals surface area contributed by atoms with Crippen molar-refractivity contribution < 1.29 is 4.79 Å². The van der Waals surface area contributed by atoms with Crippen LogP contribution in [0.25, 0.3) is 33.2 Å². The lowest BCUT2D eigenvalue weighted by Gasteiger charge is -2.12. The molecule has 32 heavy (non-hydrogen) atoms. The molecule has 8 nitrogen and oxygen atoms in total. The van der Waals surface area contributed by atoms with Gasteiger partial charge in [0.15, 0.2) is 5.82 Å². The average Bonchev–Trinajstić information content (AvgIpc) is 3.42. The number of fused-ring (bicyclic) bond motifs is 2. The lowest BCUT2D eigenvalue weighted by atomic mass is 10.1. The number of carbonyl (C=O) groups excluding carboxylic acids is 1. The van der Waals surface area contributed by atoms with Crippen LogP contribution in [0.1, 0.15) is 29.1 Å². The first-order valence-corrected chi connectivity index (χ1v) is 11.6. The third kappa shape index (κ3) is 3.68. The van der Waals surface area contributed by atoms with E-state index in [0.717, 1.165) is 33.2 Å². The summed E-state index contributed by atoms with van der Waals surface area (Å²) in [4.78, 5) is 32.3. The Labute approximate surface area is 196 Å². The number of hydrogen-bond donors (Lipinski definition) is 3. The molecular weight excluding hydrogens is 519 g/mol. The van der Waals surface area contributed by atoms with E-state index < -0.39 is 0 Å². The third-order valence-corrected chi connectivity index (χ3v) is 6.15. The molecule has 0 fully saturated rings. The van der Waals surface area contributed by atoms with Crippen molar-refractivity contribution in [2.75, 3.05) is 0 Å². The molecule has 3 N–H and O–H groups in total. The number of pyridine rings is 1. The number of imidazole rings is 1. The Morgan fingerprint density at radius 3 is 2.75 bits per heavy atom. The molecule has 1 amide bonds. The Morgan fingerprint density at radius 2 is 1.97 bits per heavy atom. The van der Waals surface area contributed by atoms with Crippen LogP contribution in [0.2, 0.25) is 0 Å². The Morgan fingerprint density at radius 1 is 1.16 bits per heavy atom. The van der Waals surface area contributed by atoms with Gasteiger partial charge in [-0.15, -0.1) is 0 Å². The summed E-state index contributed by atoms with van der Waals surface area (Å²) in [5.74, 6) is -0.0166. The van der Waals surface area contributed by atoms with Crippen LogP contribution in [0.3, 0.4) is 0 Å². The molecule has 0 aliphatic rings. The molecule has 0 aliphatic carbocycles. The van der Waals surface area contributed by atoms with Crippen molar-refractivity contribution in [2.24, 2.45) is 0 Å². The maximum atomic E-state index is 12.8. The van der Waals surface area contributed by atoms with Crippen LogP contribution < -0.4 is 10.9 Å². The van der Waals surface area contributed by atoms with Gasteiger partial charge in [0.1, 0.15) is 5.69 Å². The lowest BCUT2D eigenvalue weighted by molar-refractivity contribution is 0.0930. The number of amides is 1. The zero-order chi connectivity index (χ0) is 22.2. The summed E-state index contributed by atoms with van der Waals surface area (Å²) in [6, 6.07) is 16.7. The number of halogens is 1. The van der Waals surface area contributed by atoms with Crippen molar-refractivity contribution in [1.29, 1.82) is 0 Å². The molecule has 0 spiro atoms. The fraction of sp³-hybridized carbons (Fsp3) is 0.130. The molecule has 0 saturated heterocycles. The second-order valence-electron chi connectivity index (χ2n) is 7.52. The van der Waals surface area contributed by atoms with E-state index in [9.17, 15) is 9.59 Å². The Hall–Kier alpha value is -3.47. The first-order valence-electron chi connectivity index (χ1n) is 10.0. The van der Waals surface area contributed by atoms with Crippen LogP contribution in [0.4, 0.5) is 0 Å². The van der Waals surface area contributed by atoms with Crippen molar-refractivity contribution in [3.63, 3.8) is 0 Å². The van der Waals surface area contributed by atoms with Crippen LogP contribution >= 0.6 is 22.6 Å². The van der Waals surface area contributed by atoms with Gasteiger partial charge < -0.3 is 14.9 Å². The van der Waals surface area contributed by atoms with Crippen molar-refractivity contribution in [3.8, 4) is 11.3 Å². The monoisotopic (exact) mass is 538 g/mol. The molecule has 0 bridgehead atoms. The lowest BCUT2D eigenvalue weighted by Crippen LogP contribution is -2.27. The van der Waals surface area contributed by atoms with E-state index in [4.69, 9.17) is 0 Å². The topological polar surface area (TPSA) is 108 Å². The second kappa shape index (κ2) is 8.23. The number of nitrogens with zero attached hydrogens (tertiary/aromatic N) is 3. The van der Waals surface area contributed by atoms with E-state index >= 15 is 0 Å². The SMILES string of the molecule is CC(NC(=O)c1nc2cc3c(-c4ccc(=O)n(CI)c4)n[nH]c3cc2[nH]1)c1ccccc1. The number of hydrogen-bond acceptors (Lipinski definition) is 4. The minimum atomic E-state index is -0.270. The van der Waals surface area contributed by atoms with Gasteiger partial charge in [0.2, 0.25) is 0 Å². The molecule has 2 aromatic carbocycles. The molecule has 0 aliphatic heterocycles. The van der Waals surface area contributed by atoms with Crippen molar-refractivity contribution >= 4 is 50.4 Å². The Bertz CT molecular complexity index is 1500. The minimum Gasteiger partial charge on any atom is -0.343 e. The molecule has 3 heterocycles. The van der Waals surface area contributed by atoms with Crippen molar-refractivity contribution in [3.05, 3.63) is 82.5 Å². The fourth-order valence-electron chi connectivity index (χ4n) is 3.70. The molecular formula is C23H19IN6O2. The van der Waals surface area contributed by atoms with Gasteiger partial charge in [0.25, 0.3) is 11.5 Å². The van der Waals surface area contributed by atoms with E-state index in [1.54, 1.807) is 16.8 Å². The number of aromatic nitrogens is 5. The summed E-state index contributed by atoms with van der Waals surface area (Å²) in [6.07, 6.45) is 1.79. The number of nitrogens with one attached hydrogen (secondary N) is 3. The molecule has 3 aromatic heterocycles. The largest absolute Gasteiger partial charge is 0.343 e. The quantitative estimate of drug-likeness (QED) is 0.231. The number of carbonyl (C=O) groups is 1. The third-order valence-electron chi connectivity index (χ3n) is 5.41. The highest BCUT2D eigenvalue weighted by atomic mass is 127. The van der Waals surface area contributed by atoms with Crippen LogP contribution in [0, 0.1) is 0 Å². The summed E-state index contributed by atoms with van der Waals surface area (Å²) >= 11 is 2.15. The number of alkyl halides is 1. The number of rotatable bonds is 5. The molecule has 1 unspecified atom stereocenters. The van der Waals surface area contributed by atoms with Gasteiger partial charge in [-0.05, 0) is 30.7 Å².